The number of halogens is 2. The molecule has 0 unspecified atom stereocenters. The number of amides is 1. The van der Waals surface area contributed by atoms with E-state index in [1.807, 2.05) is 0 Å². The van der Waals surface area contributed by atoms with E-state index in [1.54, 1.807) is 6.92 Å². The molecule has 0 heterocycles. The highest BCUT2D eigenvalue weighted by molar-refractivity contribution is 6.33. The van der Waals surface area contributed by atoms with Crippen LogP contribution in [-0.2, 0) is 9.53 Å². The molecule has 4 nitrogen and oxygen atoms in total. The van der Waals surface area contributed by atoms with Crippen molar-refractivity contribution in [3.63, 3.8) is 0 Å². The maximum atomic E-state index is 12.8. The Balaban J connectivity index is 2.48. The molecule has 0 saturated heterocycles. The molecule has 0 saturated carbocycles. The summed E-state index contributed by atoms with van der Waals surface area (Å²) in [7, 11) is 0. The Kier molecular flexibility index (Phi) is 5.58. The lowest BCUT2D eigenvalue weighted by molar-refractivity contribution is -0.142. The van der Waals surface area contributed by atoms with Gasteiger partial charge in [0.25, 0.3) is 5.91 Å². The van der Waals surface area contributed by atoms with Crippen molar-refractivity contribution in [2.24, 2.45) is 0 Å². The van der Waals surface area contributed by atoms with Crippen molar-refractivity contribution in [2.75, 3.05) is 13.2 Å². The first-order chi connectivity index (χ1) is 8.54. The fourth-order valence-corrected chi connectivity index (χ4v) is 1.53. The Hall–Kier alpha value is -1.62. The lowest BCUT2D eigenvalue weighted by Gasteiger charge is -2.06. The summed E-state index contributed by atoms with van der Waals surface area (Å²) in [5.74, 6) is -1.35. The topological polar surface area (TPSA) is 55.4 Å². The smallest absolute Gasteiger partial charge is 0.307 e. The molecule has 18 heavy (non-hydrogen) atoms. The molecular formula is C12H13ClFNO3. The van der Waals surface area contributed by atoms with Gasteiger partial charge in [0.1, 0.15) is 5.82 Å². The van der Waals surface area contributed by atoms with E-state index in [0.717, 1.165) is 12.1 Å². The molecule has 0 aliphatic rings. The van der Waals surface area contributed by atoms with Crippen molar-refractivity contribution in [3.8, 4) is 0 Å². The number of carbonyl (C=O) groups excluding carboxylic acids is 2. The lowest BCUT2D eigenvalue weighted by Crippen LogP contribution is -2.26. The van der Waals surface area contributed by atoms with Gasteiger partial charge in [0.15, 0.2) is 0 Å². The number of esters is 1. The number of hydrogen-bond acceptors (Lipinski definition) is 3. The van der Waals surface area contributed by atoms with Crippen LogP contribution in [0.4, 0.5) is 4.39 Å². The van der Waals surface area contributed by atoms with E-state index in [-0.39, 0.29) is 29.5 Å². The van der Waals surface area contributed by atoms with Gasteiger partial charge in [-0.05, 0) is 25.1 Å². The summed E-state index contributed by atoms with van der Waals surface area (Å²) in [6.45, 7) is 2.15. The van der Waals surface area contributed by atoms with Crippen LogP contribution in [0.3, 0.4) is 0 Å². The van der Waals surface area contributed by atoms with Gasteiger partial charge in [-0.1, -0.05) is 11.6 Å². The fraction of sp³-hybridized carbons (Fsp3) is 0.333. The van der Waals surface area contributed by atoms with Gasteiger partial charge < -0.3 is 10.1 Å². The van der Waals surface area contributed by atoms with Crippen LogP contribution in [0.15, 0.2) is 18.2 Å². The third-order valence-corrected chi connectivity index (χ3v) is 2.41. The number of nitrogens with one attached hydrogen (secondary N) is 1. The molecule has 0 radical (unpaired) electrons. The molecule has 0 spiro atoms. The molecule has 1 N–H and O–H groups in total. The minimum Gasteiger partial charge on any atom is -0.466 e. The van der Waals surface area contributed by atoms with Gasteiger partial charge in [0, 0.05) is 6.54 Å². The highest BCUT2D eigenvalue weighted by Crippen LogP contribution is 2.16. The standard InChI is InChI=1S/C12H13ClFNO3/c1-2-18-11(16)5-6-15-12(17)9-4-3-8(14)7-10(9)13/h3-4,7H,2,5-6H2,1H3,(H,15,17). The predicted octanol–water partition coefficient (Wildman–Crippen LogP) is 2.16. The molecule has 1 rings (SSSR count). The Labute approximate surface area is 109 Å². The zero-order valence-corrected chi connectivity index (χ0v) is 10.6. The minimum atomic E-state index is -0.511. The number of rotatable bonds is 5. The molecular weight excluding hydrogens is 261 g/mol. The molecule has 6 heteroatoms. The number of benzene rings is 1. The monoisotopic (exact) mass is 273 g/mol. The summed E-state index contributed by atoms with van der Waals surface area (Å²) in [5.41, 5.74) is 0.168. The van der Waals surface area contributed by atoms with E-state index < -0.39 is 11.7 Å². The van der Waals surface area contributed by atoms with Crippen LogP contribution in [0.25, 0.3) is 0 Å². The van der Waals surface area contributed by atoms with Crippen molar-refractivity contribution in [2.45, 2.75) is 13.3 Å². The van der Waals surface area contributed by atoms with E-state index in [9.17, 15) is 14.0 Å². The second-order valence-corrected chi connectivity index (χ2v) is 3.84. The summed E-state index contributed by atoms with van der Waals surface area (Å²) in [4.78, 5) is 22.7. The van der Waals surface area contributed by atoms with Crippen molar-refractivity contribution in [1.82, 2.24) is 5.32 Å². The Morgan fingerprint density at radius 3 is 2.78 bits per heavy atom. The molecule has 0 aliphatic carbocycles. The predicted molar refractivity (Wildman–Crippen MR) is 65.0 cm³/mol. The molecule has 1 aromatic carbocycles. The van der Waals surface area contributed by atoms with Gasteiger partial charge in [-0.3, -0.25) is 9.59 Å². The van der Waals surface area contributed by atoms with Crippen LogP contribution in [0.1, 0.15) is 23.7 Å². The summed E-state index contributed by atoms with van der Waals surface area (Å²) in [6, 6.07) is 3.49. The number of carbonyl (C=O) groups is 2. The normalized spacial score (nSPS) is 9.94. The van der Waals surface area contributed by atoms with Gasteiger partial charge in [-0.2, -0.15) is 0 Å². The van der Waals surface area contributed by atoms with Crippen molar-refractivity contribution >= 4 is 23.5 Å². The summed E-state index contributed by atoms with van der Waals surface area (Å²) in [5, 5.41) is 2.53. The van der Waals surface area contributed by atoms with Gasteiger partial charge >= 0.3 is 5.97 Å². The number of hydrogen-bond donors (Lipinski definition) is 1. The Bertz CT molecular complexity index is 451. The highest BCUT2D eigenvalue weighted by Gasteiger charge is 2.11. The number of ether oxygens (including phenoxy) is 1. The van der Waals surface area contributed by atoms with Crippen LogP contribution in [0.5, 0.6) is 0 Å². The van der Waals surface area contributed by atoms with Gasteiger partial charge in [0.2, 0.25) is 0 Å². The molecule has 0 aromatic heterocycles. The van der Waals surface area contributed by atoms with E-state index >= 15 is 0 Å². The van der Waals surface area contributed by atoms with E-state index in [2.05, 4.69) is 5.32 Å². The third kappa shape index (κ3) is 4.33. The fourth-order valence-electron chi connectivity index (χ4n) is 1.28. The Morgan fingerprint density at radius 2 is 2.17 bits per heavy atom. The first kappa shape index (κ1) is 14.4. The van der Waals surface area contributed by atoms with E-state index in [0.29, 0.717) is 6.61 Å². The SMILES string of the molecule is CCOC(=O)CCNC(=O)c1ccc(F)cc1Cl. The van der Waals surface area contributed by atoms with Crippen molar-refractivity contribution < 1.29 is 18.7 Å². The molecule has 98 valence electrons. The van der Waals surface area contributed by atoms with E-state index in [1.165, 1.54) is 6.07 Å². The molecule has 0 aliphatic heterocycles. The molecule has 1 aromatic rings. The maximum absolute atomic E-state index is 12.8. The minimum absolute atomic E-state index is 0.0311. The largest absolute Gasteiger partial charge is 0.466 e. The summed E-state index contributed by atoms with van der Waals surface area (Å²) < 4.78 is 17.5. The van der Waals surface area contributed by atoms with Gasteiger partial charge in [0.05, 0.1) is 23.6 Å². The average molecular weight is 274 g/mol. The zero-order valence-electron chi connectivity index (χ0n) is 9.83. The van der Waals surface area contributed by atoms with E-state index in [4.69, 9.17) is 16.3 Å². The van der Waals surface area contributed by atoms with Crippen LogP contribution in [0.2, 0.25) is 5.02 Å². The second-order valence-electron chi connectivity index (χ2n) is 3.44. The lowest BCUT2D eigenvalue weighted by atomic mass is 10.2. The molecule has 0 atom stereocenters. The second kappa shape index (κ2) is 6.96. The van der Waals surface area contributed by atoms with Gasteiger partial charge in [-0.15, -0.1) is 0 Å². The first-order valence-electron chi connectivity index (χ1n) is 5.43. The summed E-state index contributed by atoms with van der Waals surface area (Å²) >= 11 is 5.72. The summed E-state index contributed by atoms with van der Waals surface area (Å²) in [6.07, 6.45) is 0.0817. The van der Waals surface area contributed by atoms with Crippen LogP contribution >= 0.6 is 11.6 Å². The average Bonchev–Trinajstić information content (AvgIpc) is 2.29. The van der Waals surface area contributed by atoms with Crippen molar-refractivity contribution in [1.29, 1.82) is 0 Å². The quantitative estimate of drug-likeness (QED) is 0.837. The maximum Gasteiger partial charge on any atom is 0.307 e. The Morgan fingerprint density at radius 1 is 1.44 bits per heavy atom. The molecule has 1 amide bonds. The zero-order chi connectivity index (χ0) is 13.5. The molecule has 0 bridgehead atoms. The first-order valence-corrected chi connectivity index (χ1v) is 5.81. The van der Waals surface area contributed by atoms with Crippen LogP contribution in [0, 0.1) is 5.82 Å². The van der Waals surface area contributed by atoms with Gasteiger partial charge in [-0.25, -0.2) is 4.39 Å². The van der Waals surface area contributed by atoms with Crippen LogP contribution in [-0.4, -0.2) is 25.0 Å². The van der Waals surface area contributed by atoms with Crippen molar-refractivity contribution in [3.05, 3.63) is 34.6 Å². The molecule has 0 fully saturated rings. The third-order valence-electron chi connectivity index (χ3n) is 2.10. The highest BCUT2D eigenvalue weighted by atomic mass is 35.5. The van der Waals surface area contributed by atoms with Crippen LogP contribution < -0.4 is 5.32 Å².